The number of carbonyl (C=O) groups excluding carboxylic acids is 3. The van der Waals surface area contributed by atoms with E-state index in [1.165, 1.54) is 32.4 Å². The molecule has 0 spiro atoms. The molecule has 0 bridgehead atoms. The standard InChI is InChI=1S/C16H15N3O4/c1-10(20)18-14-9-12(7-8-17-14)15(21)19-13-5-3-11(4-6-13)16(22)23-2/h3-9H,1-2H3,(H,19,21)(H,17,18,20). The summed E-state index contributed by atoms with van der Waals surface area (Å²) in [6.45, 7) is 1.36. The second-order valence-corrected chi connectivity index (χ2v) is 4.63. The minimum atomic E-state index is -0.447. The maximum Gasteiger partial charge on any atom is 0.337 e. The van der Waals surface area contributed by atoms with Crippen molar-refractivity contribution in [1.82, 2.24) is 4.98 Å². The number of nitrogens with zero attached hydrogens (tertiary/aromatic N) is 1. The Morgan fingerprint density at radius 2 is 1.70 bits per heavy atom. The van der Waals surface area contributed by atoms with Gasteiger partial charge in [-0.1, -0.05) is 0 Å². The molecule has 2 N–H and O–H groups in total. The first kappa shape index (κ1) is 16.2. The third-order valence-corrected chi connectivity index (χ3v) is 2.89. The zero-order chi connectivity index (χ0) is 16.8. The quantitative estimate of drug-likeness (QED) is 0.842. The Kier molecular flexibility index (Phi) is 5.03. The molecule has 7 nitrogen and oxygen atoms in total. The van der Waals surface area contributed by atoms with Crippen molar-refractivity contribution in [2.45, 2.75) is 6.92 Å². The summed E-state index contributed by atoms with van der Waals surface area (Å²) in [6.07, 6.45) is 1.43. The third-order valence-electron chi connectivity index (χ3n) is 2.89. The van der Waals surface area contributed by atoms with E-state index in [4.69, 9.17) is 0 Å². The molecular weight excluding hydrogens is 298 g/mol. The zero-order valence-electron chi connectivity index (χ0n) is 12.6. The number of amides is 2. The van der Waals surface area contributed by atoms with Crippen LogP contribution in [0.3, 0.4) is 0 Å². The van der Waals surface area contributed by atoms with Crippen LogP contribution in [0.5, 0.6) is 0 Å². The first-order valence-corrected chi connectivity index (χ1v) is 6.73. The van der Waals surface area contributed by atoms with E-state index in [9.17, 15) is 14.4 Å². The van der Waals surface area contributed by atoms with Gasteiger partial charge < -0.3 is 15.4 Å². The number of nitrogens with one attached hydrogen (secondary N) is 2. The highest BCUT2D eigenvalue weighted by molar-refractivity contribution is 6.05. The van der Waals surface area contributed by atoms with Gasteiger partial charge in [0.2, 0.25) is 5.91 Å². The van der Waals surface area contributed by atoms with Crippen molar-refractivity contribution in [3.8, 4) is 0 Å². The van der Waals surface area contributed by atoms with Crippen molar-refractivity contribution in [3.63, 3.8) is 0 Å². The number of esters is 1. The van der Waals surface area contributed by atoms with Gasteiger partial charge in [0.25, 0.3) is 5.91 Å². The number of rotatable bonds is 4. The summed E-state index contributed by atoms with van der Waals surface area (Å²) in [6, 6.07) is 9.30. The lowest BCUT2D eigenvalue weighted by Gasteiger charge is -2.07. The smallest absolute Gasteiger partial charge is 0.337 e. The molecule has 2 rings (SSSR count). The van der Waals surface area contributed by atoms with Crippen molar-refractivity contribution in [2.24, 2.45) is 0 Å². The molecule has 0 fully saturated rings. The Morgan fingerprint density at radius 1 is 1.00 bits per heavy atom. The van der Waals surface area contributed by atoms with Crippen molar-refractivity contribution >= 4 is 29.3 Å². The first-order valence-electron chi connectivity index (χ1n) is 6.73. The Bertz CT molecular complexity index is 741. The van der Waals surface area contributed by atoms with Crippen LogP contribution in [0.25, 0.3) is 0 Å². The molecule has 0 aliphatic heterocycles. The lowest BCUT2D eigenvalue weighted by Crippen LogP contribution is -2.14. The van der Waals surface area contributed by atoms with Crippen LogP contribution in [0.4, 0.5) is 11.5 Å². The number of hydrogen-bond acceptors (Lipinski definition) is 5. The van der Waals surface area contributed by atoms with E-state index < -0.39 is 5.97 Å². The summed E-state index contributed by atoms with van der Waals surface area (Å²) in [5.41, 5.74) is 1.27. The molecule has 1 aromatic heterocycles. The number of anilines is 2. The van der Waals surface area contributed by atoms with E-state index in [-0.39, 0.29) is 11.8 Å². The SMILES string of the molecule is COC(=O)c1ccc(NC(=O)c2ccnc(NC(C)=O)c2)cc1. The lowest BCUT2D eigenvalue weighted by molar-refractivity contribution is -0.114. The predicted molar refractivity (Wildman–Crippen MR) is 84.3 cm³/mol. The maximum absolute atomic E-state index is 12.2. The number of methoxy groups -OCH3 is 1. The summed E-state index contributed by atoms with van der Waals surface area (Å²) in [7, 11) is 1.30. The Balaban J connectivity index is 2.09. The molecule has 1 heterocycles. The van der Waals surface area contributed by atoms with Crippen LogP contribution in [0.15, 0.2) is 42.6 Å². The van der Waals surface area contributed by atoms with E-state index in [1.54, 1.807) is 24.3 Å². The molecule has 0 saturated heterocycles. The highest BCUT2D eigenvalue weighted by Crippen LogP contribution is 2.13. The van der Waals surface area contributed by atoms with E-state index in [0.29, 0.717) is 22.6 Å². The molecule has 0 aliphatic rings. The summed E-state index contributed by atoms with van der Waals surface area (Å²) in [4.78, 5) is 38.5. The molecule has 2 aromatic rings. The second-order valence-electron chi connectivity index (χ2n) is 4.63. The maximum atomic E-state index is 12.2. The van der Waals surface area contributed by atoms with Gasteiger partial charge in [-0.25, -0.2) is 9.78 Å². The third kappa shape index (κ3) is 4.37. The van der Waals surface area contributed by atoms with Crippen molar-refractivity contribution < 1.29 is 19.1 Å². The fourth-order valence-corrected chi connectivity index (χ4v) is 1.83. The Labute approximate surface area is 132 Å². The number of ether oxygens (including phenoxy) is 1. The largest absolute Gasteiger partial charge is 0.465 e. The van der Waals surface area contributed by atoms with Crippen molar-refractivity contribution in [3.05, 3.63) is 53.7 Å². The van der Waals surface area contributed by atoms with E-state index in [1.807, 2.05) is 0 Å². The molecule has 23 heavy (non-hydrogen) atoms. The molecule has 0 atom stereocenters. The molecule has 0 unspecified atom stereocenters. The molecule has 0 aliphatic carbocycles. The van der Waals surface area contributed by atoms with Gasteiger partial charge in [-0.05, 0) is 36.4 Å². The van der Waals surface area contributed by atoms with E-state index in [0.717, 1.165) is 0 Å². The van der Waals surface area contributed by atoms with Crippen molar-refractivity contribution in [2.75, 3.05) is 17.7 Å². The van der Waals surface area contributed by atoms with E-state index >= 15 is 0 Å². The average Bonchev–Trinajstić information content (AvgIpc) is 2.54. The topological polar surface area (TPSA) is 97.4 Å². The van der Waals surface area contributed by atoms with Crippen molar-refractivity contribution in [1.29, 1.82) is 0 Å². The van der Waals surface area contributed by atoms with Crippen LogP contribution in [-0.2, 0) is 9.53 Å². The van der Waals surface area contributed by atoms with E-state index in [2.05, 4.69) is 20.4 Å². The Hall–Kier alpha value is -3.22. The number of hydrogen-bond donors (Lipinski definition) is 2. The Morgan fingerprint density at radius 3 is 2.30 bits per heavy atom. The summed E-state index contributed by atoms with van der Waals surface area (Å²) < 4.78 is 4.60. The molecule has 2 amide bonds. The second kappa shape index (κ2) is 7.17. The number of aromatic nitrogens is 1. The van der Waals surface area contributed by atoms with Crippen LogP contribution in [-0.4, -0.2) is 29.9 Å². The summed E-state index contributed by atoms with van der Waals surface area (Å²) >= 11 is 0. The number of pyridine rings is 1. The van der Waals surface area contributed by atoms with Crippen LogP contribution in [0.1, 0.15) is 27.6 Å². The van der Waals surface area contributed by atoms with Gasteiger partial charge in [0.1, 0.15) is 5.82 Å². The minimum Gasteiger partial charge on any atom is -0.465 e. The van der Waals surface area contributed by atoms with Crippen LogP contribution >= 0.6 is 0 Å². The highest BCUT2D eigenvalue weighted by Gasteiger charge is 2.09. The van der Waals surface area contributed by atoms with Crippen LogP contribution in [0, 0.1) is 0 Å². The fraction of sp³-hybridized carbons (Fsp3) is 0.125. The number of benzene rings is 1. The normalized spacial score (nSPS) is 9.83. The lowest BCUT2D eigenvalue weighted by atomic mass is 10.2. The summed E-state index contributed by atoms with van der Waals surface area (Å²) in [5, 5.41) is 5.20. The first-order chi connectivity index (χ1) is 11.0. The van der Waals surface area contributed by atoms with Gasteiger partial charge in [-0.2, -0.15) is 0 Å². The van der Waals surface area contributed by atoms with Gasteiger partial charge in [0, 0.05) is 24.4 Å². The van der Waals surface area contributed by atoms with Gasteiger partial charge in [-0.15, -0.1) is 0 Å². The van der Waals surface area contributed by atoms with Gasteiger partial charge >= 0.3 is 5.97 Å². The molecule has 1 aromatic carbocycles. The minimum absolute atomic E-state index is 0.270. The van der Waals surface area contributed by atoms with Crippen LogP contribution in [0.2, 0.25) is 0 Å². The highest BCUT2D eigenvalue weighted by atomic mass is 16.5. The molecule has 0 radical (unpaired) electrons. The monoisotopic (exact) mass is 313 g/mol. The van der Waals surface area contributed by atoms with Gasteiger partial charge in [0.05, 0.1) is 12.7 Å². The average molecular weight is 313 g/mol. The predicted octanol–water partition coefficient (Wildman–Crippen LogP) is 2.08. The fourth-order valence-electron chi connectivity index (χ4n) is 1.83. The number of carbonyl (C=O) groups is 3. The zero-order valence-corrected chi connectivity index (χ0v) is 12.6. The van der Waals surface area contributed by atoms with Crippen LogP contribution < -0.4 is 10.6 Å². The van der Waals surface area contributed by atoms with Gasteiger partial charge in [-0.3, -0.25) is 9.59 Å². The molecule has 7 heteroatoms. The van der Waals surface area contributed by atoms with Gasteiger partial charge in [0.15, 0.2) is 0 Å². The molecule has 118 valence electrons. The summed E-state index contributed by atoms with van der Waals surface area (Å²) in [5.74, 6) is -0.776. The molecular formula is C16H15N3O4. The molecule has 0 saturated carbocycles.